The minimum absolute atomic E-state index is 0.128. The molecule has 1 N–H and O–H groups in total. The van der Waals surface area contributed by atoms with E-state index in [4.69, 9.17) is 4.98 Å². The number of likely N-dealkylation sites (tertiary alicyclic amines) is 1. The van der Waals surface area contributed by atoms with Crippen LogP contribution in [0.25, 0.3) is 11.0 Å². The minimum atomic E-state index is -0.288. The fraction of sp³-hybridized carbons (Fsp3) is 0.423. The summed E-state index contributed by atoms with van der Waals surface area (Å²) in [5, 5.41) is 3.07. The highest BCUT2D eigenvalue weighted by Gasteiger charge is 2.21. The zero-order chi connectivity index (χ0) is 22.5. The molecule has 0 aliphatic carbocycles. The van der Waals surface area contributed by atoms with E-state index in [-0.39, 0.29) is 17.9 Å². The Hall–Kier alpha value is -3.15. The highest BCUT2D eigenvalue weighted by molar-refractivity contribution is 5.94. The standard InChI is InChI=1S/C26H32N4O2/c1-19-11-13-21(14-12-19)26(32)27-20(2)25-28-22-9-5-6-10-23(22)30(25)18-15-24(31)29-16-7-3-4-8-17-29/h5-6,9-14,20H,3-4,7-8,15-18H2,1-2H3,(H,27,32). The first kappa shape index (κ1) is 22.1. The molecule has 1 fully saturated rings. The Morgan fingerprint density at radius 1 is 1.00 bits per heavy atom. The number of rotatable bonds is 6. The van der Waals surface area contributed by atoms with E-state index in [2.05, 4.69) is 9.88 Å². The molecule has 2 heterocycles. The van der Waals surface area contributed by atoms with Crippen molar-refractivity contribution in [3.63, 3.8) is 0 Å². The number of fused-ring (bicyclic) bond motifs is 1. The van der Waals surface area contributed by atoms with Crippen molar-refractivity contribution >= 4 is 22.8 Å². The Bertz CT molecular complexity index is 1080. The summed E-state index contributed by atoms with van der Waals surface area (Å²) < 4.78 is 2.09. The average Bonchev–Trinajstić information content (AvgIpc) is 2.95. The molecule has 2 aromatic carbocycles. The first-order valence-electron chi connectivity index (χ1n) is 11.6. The van der Waals surface area contributed by atoms with E-state index in [1.54, 1.807) is 0 Å². The molecular weight excluding hydrogens is 400 g/mol. The van der Waals surface area contributed by atoms with Gasteiger partial charge in [0.15, 0.2) is 0 Å². The topological polar surface area (TPSA) is 67.2 Å². The third-order valence-corrected chi connectivity index (χ3v) is 6.24. The summed E-state index contributed by atoms with van der Waals surface area (Å²) >= 11 is 0. The van der Waals surface area contributed by atoms with Crippen LogP contribution < -0.4 is 5.32 Å². The number of aromatic nitrogens is 2. The third-order valence-electron chi connectivity index (χ3n) is 6.24. The third kappa shape index (κ3) is 5.01. The van der Waals surface area contributed by atoms with Gasteiger partial charge in [0.1, 0.15) is 5.82 Å². The maximum Gasteiger partial charge on any atom is 0.251 e. The van der Waals surface area contributed by atoms with Crippen molar-refractivity contribution in [2.24, 2.45) is 0 Å². The molecule has 0 spiro atoms. The van der Waals surface area contributed by atoms with Crippen LogP contribution in [0.3, 0.4) is 0 Å². The summed E-state index contributed by atoms with van der Waals surface area (Å²) in [6, 6.07) is 15.2. The molecule has 6 nitrogen and oxygen atoms in total. The van der Waals surface area contributed by atoms with E-state index in [1.807, 2.05) is 67.3 Å². The van der Waals surface area contributed by atoms with E-state index in [9.17, 15) is 9.59 Å². The highest BCUT2D eigenvalue weighted by atomic mass is 16.2. The largest absolute Gasteiger partial charge is 0.343 e. The van der Waals surface area contributed by atoms with Crippen LogP contribution in [-0.2, 0) is 11.3 Å². The number of hydrogen-bond donors (Lipinski definition) is 1. The number of imidazole rings is 1. The van der Waals surface area contributed by atoms with Gasteiger partial charge in [-0.15, -0.1) is 0 Å². The van der Waals surface area contributed by atoms with Crippen LogP contribution in [0, 0.1) is 6.92 Å². The lowest BCUT2D eigenvalue weighted by molar-refractivity contribution is -0.131. The molecule has 2 amide bonds. The van der Waals surface area contributed by atoms with E-state index >= 15 is 0 Å². The van der Waals surface area contributed by atoms with Gasteiger partial charge in [0.05, 0.1) is 17.1 Å². The van der Waals surface area contributed by atoms with E-state index < -0.39 is 0 Å². The average molecular weight is 433 g/mol. The number of hydrogen-bond acceptors (Lipinski definition) is 3. The second kappa shape index (κ2) is 9.98. The van der Waals surface area contributed by atoms with Gasteiger partial charge in [-0.05, 0) is 51.0 Å². The summed E-state index contributed by atoms with van der Waals surface area (Å²) in [7, 11) is 0. The van der Waals surface area contributed by atoms with Gasteiger partial charge in [-0.1, -0.05) is 42.7 Å². The number of para-hydroxylation sites is 2. The second-order valence-corrected chi connectivity index (χ2v) is 8.72. The number of nitrogens with zero attached hydrogens (tertiary/aromatic N) is 3. The van der Waals surface area contributed by atoms with Gasteiger partial charge >= 0.3 is 0 Å². The number of benzene rings is 2. The van der Waals surface area contributed by atoms with E-state index in [0.29, 0.717) is 18.5 Å². The normalized spacial score (nSPS) is 15.4. The Morgan fingerprint density at radius 3 is 2.41 bits per heavy atom. The van der Waals surface area contributed by atoms with E-state index in [1.165, 1.54) is 12.8 Å². The number of amides is 2. The summed E-state index contributed by atoms with van der Waals surface area (Å²) in [5.74, 6) is 0.846. The van der Waals surface area contributed by atoms with Gasteiger partial charge < -0.3 is 14.8 Å². The lowest BCUT2D eigenvalue weighted by Crippen LogP contribution is -2.33. The Balaban J connectivity index is 1.52. The summed E-state index contributed by atoms with van der Waals surface area (Å²) in [6.07, 6.45) is 5.03. The summed E-state index contributed by atoms with van der Waals surface area (Å²) in [6.45, 7) is 6.22. The monoisotopic (exact) mass is 432 g/mol. The summed E-state index contributed by atoms with van der Waals surface area (Å²) in [5.41, 5.74) is 3.61. The van der Waals surface area contributed by atoms with Crippen LogP contribution in [-0.4, -0.2) is 39.4 Å². The molecule has 0 bridgehead atoms. The number of aryl methyl sites for hydroxylation is 2. The SMILES string of the molecule is Cc1ccc(C(=O)NC(C)c2nc3ccccc3n2CCC(=O)N2CCCCCC2)cc1. The van der Waals surface area contributed by atoms with Crippen molar-refractivity contribution in [1.82, 2.24) is 19.8 Å². The molecule has 0 radical (unpaired) electrons. The van der Waals surface area contributed by atoms with E-state index in [0.717, 1.165) is 48.4 Å². The van der Waals surface area contributed by atoms with Gasteiger partial charge in [-0.3, -0.25) is 9.59 Å². The fourth-order valence-corrected chi connectivity index (χ4v) is 4.39. The molecule has 1 aromatic heterocycles. The van der Waals surface area contributed by atoms with Gasteiger partial charge in [0.25, 0.3) is 5.91 Å². The molecule has 1 aliphatic rings. The van der Waals surface area contributed by atoms with Crippen LogP contribution in [0.4, 0.5) is 0 Å². The highest BCUT2D eigenvalue weighted by Crippen LogP contribution is 2.22. The zero-order valence-corrected chi connectivity index (χ0v) is 19.0. The first-order valence-corrected chi connectivity index (χ1v) is 11.6. The maximum atomic E-state index is 12.9. The van der Waals surface area contributed by atoms with Gasteiger partial charge in [-0.2, -0.15) is 0 Å². The fourth-order valence-electron chi connectivity index (χ4n) is 4.39. The molecular formula is C26H32N4O2. The van der Waals surface area contributed by atoms with Crippen molar-refractivity contribution in [2.45, 2.75) is 58.5 Å². The molecule has 1 unspecified atom stereocenters. The minimum Gasteiger partial charge on any atom is -0.343 e. The molecule has 1 saturated heterocycles. The molecule has 3 aromatic rings. The predicted molar refractivity (Wildman–Crippen MR) is 126 cm³/mol. The molecule has 6 heteroatoms. The number of nitrogens with one attached hydrogen (secondary N) is 1. The van der Waals surface area contributed by atoms with Gasteiger partial charge in [0.2, 0.25) is 5.91 Å². The lowest BCUT2D eigenvalue weighted by atomic mass is 10.1. The summed E-state index contributed by atoms with van der Waals surface area (Å²) in [4.78, 5) is 32.4. The molecule has 0 saturated carbocycles. The van der Waals surface area contributed by atoms with Crippen LogP contribution in [0.2, 0.25) is 0 Å². The Labute approximate surface area is 189 Å². The molecule has 4 rings (SSSR count). The second-order valence-electron chi connectivity index (χ2n) is 8.72. The van der Waals surface area contributed by atoms with Crippen molar-refractivity contribution in [2.75, 3.05) is 13.1 Å². The lowest BCUT2D eigenvalue weighted by Gasteiger charge is -2.21. The quantitative estimate of drug-likeness (QED) is 0.618. The number of carbonyl (C=O) groups excluding carboxylic acids is 2. The van der Waals surface area contributed by atoms with Crippen LogP contribution in [0.15, 0.2) is 48.5 Å². The smallest absolute Gasteiger partial charge is 0.251 e. The zero-order valence-electron chi connectivity index (χ0n) is 19.0. The maximum absolute atomic E-state index is 12.9. The first-order chi connectivity index (χ1) is 15.5. The van der Waals surface area contributed by atoms with Crippen molar-refractivity contribution in [1.29, 1.82) is 0 Å². The van der Waals surface area contributed by atoms with Gasteiger partial charge in [-0.25, -0.2) is 4.98 Å². The Kier molecular flexibility index (Phi) is 6.88. The molecule has 1 atom stereocenters. The molecule has 168 valence electrons. The van der Waals surface area contributed by atoms with Crippen LogP contribution in [0.5, 0.6) is 0 Å². The number of carbonyl (C=O) groups is 2. The molecule has 32 heavy (non-hydrogen) atoms. The predicted octanol–water partition coefficient (Wildman–Crippen LogP) is 4.63. The Morgan fingerprint density at radius 2 is 1.69 bits per heavy atom. The van der Waals surface area contributed by atoms with Crippen molar-refractivity contribution < 1.29 is 9.59 Å². The molecule has 1 aliphatic heterocycles. The van der Waals surface area contributed by atoms with Crippen molar-refractivity contribution in [3.05, 3.63) is 65.5 Å². The van der Waals surface area contributed by atoms with Gasteiger partial charge in [0, 0.05) is 31.6 Å². The van der Waals surface area contributed by atoms with Crippen molar-refractivity contribution in [3.8, 4) is 0 Å². The van der Waals surface area contributed by atoms with Crippen LogP contribution >= 0.6 is 0 Å². The van der Waals surface area contributed by atoms with Crippen LogP contribution in [0.1, 0.15) is 66.8 Å².